The number of carboxylic acids is 1. The van der Waals surface area contributed by atoms with E-state index in [-0.39, 0.29) is 18.4 Å². The Kier molecular flexibility index (Phi) is 4.65. The lowest BCUT2D eigenvalue weighted by atomic mass is 10.1. The Balaban J connectivity index is 2.22. The molecule has 0 bridgehead atoms. The minimum atomic E-state index is -0.867. The van der Waals surface area contributed by atoms with E-state index >= 15 is 0 Å². The predicted molar refractivity (Wildman–Crippen MR) is 78.1 cm³/mol. The summed E-state index contributed by atoms with van der Waals surface area (Å²) in [7, 11) is 0. The number of carboxylic acid groups (broad SMARTS) is 1. The van der Waals surface area contributed by atoms with Crippen LogP contribution in [0.25, 0.3) is 0 Å². The molecular formula is C14H18N2O3S. The van der Waals surface area contributed by atoms with E-state index in [1.165, 1.54) is 0 Å². The molecule has 1 unspecified atom stereocenters. The van der Waals surface area contributed by atoms with E-state index in [1.807, 2.05) is 19.9 Å². The van der Waals surface area contributed by atoms with Gasteiger partial charge in [-0.05, 0) is 26.0 Å². The molecule has 1 atom stereocenters. The minimum Gasteiger partial charge on any atom is -0.481 e. The number of aliphatic carboxylic acids is 1. The van der Waals surface area contributed by atoms with Crippen LogP contribution in [-0.4, -0.2) is 51.0 Å². The van der Waals surface area contributed by atoms with Crippen molar-refractivity contribution in [3.8, 4) is 0 Å². The van der Waals surface area contributed by atoms with Crippen LogP contribution in [0, 0.1) is 13.8 Å². The Morgan fingerprint density at radius 1 is 1.45 bits per heavy atom. The van der Waals surface area contributed by atoms with Crippen molar-refractivity contribution in [3.05, 3.63) is 29.1 Å². The van der Waals surface area contributed by atoms with Crippen molar-refractivity contribution in [1.29, 1.82) is 0 Å². The fourth-order valence-corrected chi connectivity index (χ4v) is 3.42. The number of aryl methyl sites for hydroxylation is 2. The largest absolute Gasteiger partial charge is 0.481 e. The Morgan fingerprint density at radius 3 is 2.85 bits per heavy atom. The van der Waals surface area contributed by atoms with Crippen molar-refractivity contribution in [3.63, 3.8) is 0 Å². The number of nitrogens with zero attached hydrogens (tertiary/aromatic N) is 2. The number of thioether (sulfide) groups is 1. The Bertz CT molecular complexity index is 533. The van der Waals surface area contributed by atoms with Gasteiger partial charge in [-0.25, -0.2) is 0 Å². The highest BCUT2D eigenvalue weighted by Gasteiger charge is 2.30. The number of hydrogen-bond acceptors (Lipinski definition) is 4. The monoisotopic (exact) mass is 294 g/mol. The summed E-state index contributed by atoms with van der Waals surface area (Å²) in [6, 6.07) is 3.35. The Labute approximate surface area is 122 Å². The number of hydrogen-bond donors (Lipinski definition) is 1. The zero-order valence-corrected chi connectivity index (χ0v) is 12.4. The quantitative estimate of drug-likeness (QED) is 0.919. The number of pyridine rings is 1. The third-order valence-corrected chi connectivity index (χ3v) is 4.45. The van der Waals surface area contributed by atoms with Crippen molar-refractivity contribution < 1.29 is 14.7 Å². The number of carbonyl (C=O) groups is 2. The second-order valence-corrected chi connectivity index (χ2v) is 6.06. The molecule has 1 aromatic heterocycles. The molecule has 1 fully saturated rings. The number of carbonyl (C=O) groups excluding carboxylic acids is 1. The fraction of sp³-hybridized carbons (Fsp3) is 0.500. The van der Waals surface area contributed by atoms with Gasteiger partial charge in [0.15, 0.2) is 0 Å². The summed E-state index contributed by atoms with van der Waals surface area (Å²) in [6.45, 7) is 4.28. The SMILES string of the molecule is Cc1ccc(C(=O)N2CCSCC2CC(=O)O)c(C)n1. The molecule has 1 amide bonds. The van der Waals surface area contributed by atoms with Crippen molar-refractivity contribution >= 4 is 23.6 Å². The summed E-state index contributed by atoms with van der Waals surface area (Å²) in [5.74, 6) is 0.548. The molecule has 5 nitrogen and oxygen atoms in total. The zero-order valence-electron chi connectivity index (χ0n) is 11.6. The first-order valence-corrected chi connectivity index (χ1v) is 7.69. The summed E-state index contributed by atoms with van der Waals surface area (Å²) in [5.41, 5.74) is 2.13. The van der Waals surface area contributed by atoms with Crippen LogP contribution < -0.4 is 0 Å². The molecule has 1 aromatic rings. The van der Waals surface area contributed by atoms with E-state index in [9.17, 15) is 9.59 Å². The van der Waals surface area contributed by atoms with Gasteiger partial charge in [-0.2, -0.15) is 11.8 Å². The third kappa shape index (κ3) is 3.30. The van der Waals surface area contributed by atoms with Gasteiger partial charge in [-0.1, -0.05) is 0 Å². The number of aromatic nitrogens is 1. The minimum absolute atomic E-state index is 0.00290. The van der Waals surface area contributed by atoms with Gasteiger partial charge >= 0.3 is 5.97 Å². The van der Waals surface area contributed by atoms with Gasteiger partial charge in [-0.3, -0.25) is 14.6 Å². The smallest absolute Gasteiger partial charge is 0.305 e. The van der Waals surface area contributed by atoms with Crippen LogP contribution >= 0.6 is 11.8 Å². The van der Waals surface area contributed by atoms with Crippen molar-refractivity contribution in [2.75, 3.05) is 18.1 Å². The second kappa shape index (κ2) is 6.26. The standard InChI is InChI=1S/C14H18N2O3S/c1-9-3-4-12(10(2)15-9)14(19)16-5-6-20-8-11(16)7-13(17)18/h3-4,11H,5-8H2,1-2H3,(H,17,18). The molecule has 1 aliphatic heterocycles. The maximum atomic E-state index is 12.6. The Morgan fingerprint density at radius 2 is 2.20 bits per heavy atom. The summed E-state index contributed by atoms with van der Waals surface area (Å²) in [6.07, 6.45) is -0.00290. The highest BCUT2D eigenvalue weighted by atomic mass is 32.2. The van der Waals surface area contributed by atoms with Crippen molar-refractivity contribution in [2.24, 2.45) is 0 Å². The molecule has 2 rings (SSSR count). The average Bonchev–Trinajstić information content (AvgIpc) is 2.38. The lowest BCUT2D eigenvalue weighted by Crippen LogP contribution is -2.47. The lowest BCUT2D eigenvalue weighted by molar-refractivity contribution is -0.138. The van der Waals surface area contributed by atoms with Gasteiger partial charge in [0.05, 0.1) is 23.7 Å². The van der Waals surface area contributed by atoms with Crippen molar-refractivity contribution in [1.82, 2.24) is 9.88 Å². The molecular weight excluding hydrogens is 276 g/mol. The molecule has 1 N–H and O–H groups in total. The number of rotatable bonds is 3. The second-order valence-electron chi connectivity index (χ2n) is 4.91. The van der Waals surface area contributed by atoms with Gasteiger partial charge in [0.2, 0.25) is 0 Å². The molecule has 0 aromatic carbocycles. The lowest BCUT2D eigenvalue weighted by Gasteiger charge is -2.34. The van der Waals surface area contributed by atoms with Crippen LogP contribution in [0.15, 0.2) is 12.1 Å². The highest BCUT2D eigenvalue weighted by molar-refractivity contribution is 7.99. The summed E-state index contributed by atoms with van der Waals surface area (Å²) in [4.78, 5) is 29.5. The maximum absolute atomic E-state index is 12.6. The van der Waals surface area contributed by atoms with Gasteiger partial charge in [-0.15, -0.1) is 0 Å². The molecule has 0 saturated carbocycles. The molecule has 108 valence electrons. The van der Waals surface area contributed by atoms with Crippen LogP contribution in [0.4, 0.5) is 0 Å². The molecule has 0 spiro atoms. The topological polar surface area (TPSA) is 70.5 Å². The van der Waals surface area contributed by atoms with E-state index in [2.05, 4.69) is 4.98 Å². The van der Waals surface area contributed by atoms with Crippen molar-refractivity contribution in [2.45, 2.75) is 26.3 Å². The van der Waals surface area contributed by atoms with Gasteiger partial charge in [0.1, 0.15) is 0 Å². The van der Waals surface area contributed by atoms with Crippen LogP contribution in [0.3, 0.4) is 0 Å². The maximum Gasteiger partial charge on any atom is 0.305 e. The van der Waals surface area contributed by atoms with Gasteiger partial charge in [0, 0.05) is 23.7 Å². The predicted octanol–water partition coefficient (Wildman–Crippen LogP) is 1.73. The van der Waals surface area contributed by atoms with E-state index in [4.69, 9.17) is 5.11 Å². The molecule has 20 heavy (non-hydrogen) atoms. The van der Waals surface area contributed by atoms with Crippen LogP contribution in [0.5, 0.6) is 0 Å². The normalized spacial score (nSPS) is 18.9. The molecule has 0 radical (unpaired) electrons. The van der Waals surface area contributed by atoms with E-state index in [0.29, 0.717) is 23.6 Å². The molecule has 1 aliphatic rings. The average molecular weight is 294 g/mol. The number of amides is 1. The summed E-state index contributed by atoms with van der Waals surface area (Å²) >= 11 is 1.70. The highest BCUT2D eigenvalue weighted by Crippen LogP contribution is 2.22. The zero-order chi connectivity index (χ0) is 14.7. The van der Waals surface area contributed by atoms with E-state index in [0.717, 1.165) is 11.4 Å². The first kappa shape index (κ1) is 14.8. The van der Waals surface area contributed by atoms with Crippen LogP contribution in [-0.2, 0) is 4.79 Å². The van der Waals surface area contributed by atoms with Gasteiger partial charge < -0.3 is 10.0 Å². The van der Waals surface area contributed by atoms with E-state index in [1.54, 1.807) is 22.7 Å². The van der Waals surface area contributed by atoms with Crippen LogP contribution in [0.1, 0.15) is 28.2 Å². The molecule has 2 heterocycles. The Hall–Kier alpha value is -1.56. The third-order valence-electron chi connectivity index (χ3n) is 3.35. The molecule has 6 heteroatoms. The molecule has 1 saturated heterocycles. The molecule has 0 aliphatic carbocycles. The van der Waals surface area contributed by atoms with Gasteiger partial charge in [0.25, 0.3) is 5.91 Å². The van der Waals surface area contributed by atoms with E-state index < -0.39 is 5.97 Å². The first-order chi connectivity index (χ1) is 9.49. The summed E-state index contributed by atoms with van der Waals surface area (Å²) < 4.78 is 0. The van der Waals surface area contributed by atoms with Crippen LogP contribution in [0.2, 0.25) is 0 Å². The summed E-state index contributed by atoms with van der Waals surface area (Å²) in [5, 5.41) is 8.97. The fourth-order valence-electron chi connectivity index (χ4n) is 2.36. The first-order valence-electron chi connectivity index (χ1n) is 6.54.